The van der Waals surface area contributed by atoms with Gasteiger partial charge in [-0.25, -0.2) is 0 Å². The topological polar surface area (TPSA) is 17.0 Å². The molecule has 1 saturated carbocycles. The molecule has 2 heteroatoms. The highest BCUT2D eigenvalue weighted by Gasteiger charge is 2.16. The van der Waals surface area contributed by atoms with Gasteiger partial charge in [-0.15, -0.1) is 0 Å². The highest BCUT2D eigenvalue weighted by molar-refractivity contribution is 6.15. The first-order chi connectivity index (χ1) is 15.9. The number of hydrogen-bond donors (Lipinski definition) is 1. The Hall–Kier alpha value is -3.52. The van der Waals surface area contributed by atoms with E-state index in [1.807, 2.05) is 0 Å². The minimum atomic E-state index is 0.741. The van der Waals surface area contributed by atoms with E-state index in [0.717, 1.165) is 17.3 Å². The van der Waals surface area contributed by atoms with Crippen molar-refractivity contribution in [3.05, 3.63) is 103 Å². The summed E-state index contributed by atoms with van der Waals surface area (Å²) >= 11 is 0. The van der Waals surface area contributed by atoms with Crippen LogP contribution < -0.4 is 5.32 Å². The van der Waals surface area contributed by atoms with E-state index in [0.29, 0.717) is 0 Å². The van der Waals surface area contributed by atoms with E-state index in [1.54, 1.807) is 0 Å². The van der Waals surface area contributed by atoms with Crippen molar-refractivity contribution in [2.24, 2.45) is 0 Å². The van der Waals surface area contributed by atoms with Crippen LogP contribution in [0.2, 0.25) is 0 Å². The molecule has 158 valence electrons. The van der Waals surface area contributed by atoms with Gasteiger partial charge in [-0.05, 0) is 66.8 Å². The van der Waals surface area contributed by atoms with Crippen LogP contribution in [0.1, 0.15) is 43.6 Å². The standard InChI is InChI=1S/C30H28N2/c1-3-10-22(11-4-1)23-18-20-24(21-19-23)31-27-15-9-17-29-30(27)26-14-7-8-16-28(26)32(29)25-12-5-2-6-13-25/h2,5-9,12-22,31H,1,3-4,10-11H2. The predicted octanol–water partition coefficient (Wildman–Crippen LogP) is 8.58. The Kier molecular flexibility index (Phi) is 4.92. The summed E-state index contributed by atoms with van der Waals surface area (Å²) in [6.07, 6.45) is 6.82. The zero-order valence-corrected chi connectivity index (χ0v) is 18.3. The van der Waals surface area contributed by atoms with Crippen LogP contribution in [0.3, 0.4) is 0 Å². The van der Waals surface area contributed by atoms with Gasteiger partial charge in [0.15, 0.2) is 0 Å². The second-order valence-corrected chi connectivity index (χ2v) is 8.97. The number of para-hydroxylation sites is 2. The third-order valence-electron chi connectivity index (χ3n) is 6.98. The van der Waals surface area contributed by atoms with Crippen molar-refractivity contribution in [1.82, 2.24) is 4.57 Å². The molecule has 0 unspecified atom stereocenters. The highest BCUT2D eigenvalue weighted by atomic mass is 15.0. The van der Waals surface area contributed by atoms with Crippen LogP contribution in [0.4, 0.5) is 11.4 Å². The number of anilines is 2. The minimum Gasteiger partial charge on any atom is -0.355 e. The summed E-state index contributed by atoms with van der Waals surface area (Å²) < 4.78 is 2.36. The monoisotopic (exact) mass is 416 g/mol. The molecule has 1 fully saturated rings. The molecule has 2 nitrogen and oxygen atoms in total. The minimum absolute atomic E-state index is 0.741. The Bertz CT molecular complexity index is 1360. The SMILES string of the molecule is c1ccc(-n2c3ccccc3c3c(Nc4ccc(C5CCCCC5)cc4)cccc32)cc1. The van der Waals surface area contributed by atoms with Gasteiger partial charge in [0.25, 0.3) is 0 Å². The number of benzene rings is 4. The zero-order chi connectivity index (χ0) is 21.3. The second kappa shape index (κ2) is 8.20. The average molecular weight is 417 g/mol. The Balaban J connectivity index is 1.42. The lowest BCUT2D eigenvalue weighted by Crippen LogP contribution is -2.04. The third kappa shape index (κ3) is 3.36. The lowest BCUT2D eigenvalue weighted by atomic mass is 9.84. The molecule has 1 aromatic heterocycles. The summed E-state index contributed by atoms with van der Waals surface area (Å²) in [5.74, 6) is 0.741. The van der Waals surface area contributed by atoms with Crippen molar-refractivity contribution < 1.29 is 0 Å². The molecular formula is C30H28N2. The molecule has 5 aromatic rings. The van der Waals surface area contributed by atoms with Crippen LogP contribution in [0, 0.1) is 0 Å². The summed E-state index contributed by atoms with van der Waals surface area (Å²) in [7, 11) is 0. The summed E-state index contributed by atoms with van der Waals surface area (Å²) in [6, 6.07) is 35.0. The zero-order valence-electron chi connectivity index (χ0n) is 18.3. The molecule has 0 amide bonds. The molecule has 0 aliphatic heterocycles. The molecule has 1 aliphatic rings. The third-order valence-corrected chi connectivity index (χ3v) is 6.98. The first kappa shape index (κ1) is 19.2. The maximum absolute atomic E-state index is 3.72. The fraction of sp³-hybridized carbons (Fsp3) is 0.200. The van der Waals surface area contributed by atoms with Crippen LogP contribution in [0.15, 0.2) is 97.1 Å². The molecule has 0 atom stereocenters. The van der Waals surface area contributed by atoms with Crippen molar-refractivity contribution in [3.8, 4) is 5.69 Å². The van der Waals surface area contributed by atoms with E-state index in [2.05, 4.69) is 107 Å². The number of nitrogens with zero attached hydrogens (tertiary/aromatic N) is 1. The molecule has 0 spiro atoms. The molecular weight excluding hydrogens is 388 g/mol. The molecule has 0 radical (unpaired) electrons. The first-order valence-corrected chi connectivity index (χ1v) is 11.8. The Morgan fingerprint density at radius 3 is 2.16 bits per heavy atom. The van der Waals surface area contributed by atoms with E-state index in [4.69, 9.17) is 0 Å². The fourth-order valence-electron chi connectivity index (χ4n) is 5.41. The van der Waals surface area contributed by atoms with Crippen LogP contribution in [-0.2, 0) is 0 Å². The molecule has 4 aromatic carbocycles. The van der Waals surface area contributed by atoms with Crippen LogP contribution in [0.5, 0.6) is 0 Å². The fourth-order valence-corrected chi connectivity index (χ4v) is 5.41. The van der Waals surface area contributed by atoms with Gasteiger partial charge in [-0.3, -0.25) is 0 Å². The normalized spacial score (nSPS) is 14.8. The Morgan fingerprint density at radius 1 is 0.625 bits per heavy atom. The first-order valence-electron chi connectivity index (χ1n) is 11.8. The van der Waals surface area contributed by atoms with Gasteiger partial charge in [0.05, 0.1) is 11.0 Å². The second-order valence-electron chi connectivity index (χ2n) is 8.97. The van der Waals surface area contributed by atoms with Crippen molar-refractivity contribution >= 4 is 33.2 Å². The lowest BCUT2D eigenvalue weighted by Gasteiger charge is -2.22. The molecule has 1 heterocycles. The van der Waals surface area contributed by atoms with Gasteiger partial charge < -0.3 is 9.88 Å². The number of fused-ring (bicyclic) bond motifs is 3. The number of hydrogen-bond acceptors (Lipinski definition) is 1. The molecule has 32 heavy (non-hydrogen) atoms. The largest absolute Gasteiger partial charge is 0.355 e. The van der Waals surface area contributed by atoms with Gasteiger partial charge in [0.2, 0.25) is 0 Å². The van der Waals surface area contributed by atoms with Gasteiger partial charge in [0, 0.05) is 27.8 Å². The summed E-state index contributed by atoms with van der Waals surface area (Å²) in [5, 5.41) is 6.26. The molecule has 0 bridgehead atoms. The van der Waals surface area contributed by atoms with E-state index < -0.39 is 0 Å². The average Bonchev–Trinajstić information content (AvgIpc) is 3.21. The summed E-state index contributed by atoms with van der Waals surface area (Å²) in [5.41, 5.74) is 7.44. The number of nitrogens with one attached hydrogen (secondary N) is 1. The summed E-state index contributed by atoms with van der Waals surface area (Å²) in [6.45, 7) is 0. The van der Waals surface area contributed by atoms with Gasteiger partial charge >= 0.3 is 0 Å². The van der Waals surface area contributed by atoms with E-state index in [1.165, 1.54) is 65.2 Å². The molecule has 6 rings (SSSR count). The maximum atomic E-state index is 3.72. The lowest BCUT2D eigenvalue weighted by molar-refractivity contribution is 0.443. The molecule has 0 saturated heterocycles. The number of aromatic nitrogens is 1. The van der Waals surface area contributed by atoms with Gasteiger partial charge in [0.1, 0.15) is 0 Å². The van der Waals surface area contributed by atoms with Crippen LogP contribution in [0.25, 0.3) is 27.5 Å². The Labute approximate surface area is 189 Å². The smallest absolute Gasteiger partial charge is 0.0562 e. The van der Waals surface area contributed by atoms with Crippen molar-refractivity contribution in [3.63, 3.8) is 0 Å². The molecule has 1 aliphatic carbocycles. The predicted molar refractivity (Wildman–Crippen MR) is 136 cm³/mol. The van der Waals surface area contributed by atoms with Crippen molar-refractivity contribution in [1.29, 1.82) is 0 Å². The molecule has 1 N–H and O–H groups in total. The maximum Gasteiger partial charge on any atom is 0.0562 e. The quantitative estimate of drug-likeness (QED) is 0.310. The highest BCUT2D eigenvalue weighted by Crippen LogP contribution is 2.38. The van der Waals surface area contributed by atoms with Crippen LogP contribution in [-0.4, -0.2) is 4.57 Å². The van der Waals surface area contributed by atoms with E-state index in [-0.39, 0.29) is 0 Å². The summed E-state index contributed by atoms with van der Waals surface area (Å²) in [4.78, 5) is 0. The van der Waals surface area contributed by atoms with Crippen molar-refractivity contribution in [2.45, 2.75) is 38.0 Å². The van der Waals surface area contributed by atoms with Gasteiger partial charge in [-0.2, -0.15) is 0 Å². The number of rotatable bonds is 4. The van der Waals surface area contributed by atoms with Gasteiger partial charge in [-0.1, -0.05) is 73.9 Å². The van der Waals surface area contributed by atoms with Crippen molar-refractivity contribution in [2.75, 3.05) is 5.32 Å². The Morgan fingerprint density at radius 2 is 1.34 bits per heavy atom. The van der Waals surface area contributed by atoms with E-state index >= 15 is 0 Å². The van der Waals surface area contributed by atoms with E-state index in [9.17, 15) is 0 Å². The van der Waals surface area contributed by atoms with Crippen LogP contribution >= 0.6 is 0 Å².